The fourth-order valence-electron chi connectivity index (χ4n) is 2.09. The predicted molar refractivity (Wildman–Crippen MR) is 65.9 cm³/mol. The van der Waals surface area contributed by atoms with Gasteiger partial charge < -0.3 is 19.5 Å². The van der Waals surface area contributed by atoms with Crippen LogP contribution >= 0.6 is 0 Å². The molecule has 3 rings (SSSR count). The van der Waals surface area contributed by atoms with Crippen LogP contribution in [-0.2, 0) is 4.74 Å². The van der Waals surface area contributed by atoms with Crippen LogP contribution in [-0.4, -0.2) is 54.4 Å². The SMILES string of the molecule is COCCNC(=O)N1CC(c2nc(C3CC3)no2)C1. The molecule has 1 aliphatic heterocycles. The lowest BCUT2D eigenvalue weighted by molar-refractivity contribution is 0.132. The van der Waals surface area contributed by atoms with E-state index in [1.54, 1.807) is 12.0 Å². The molecule has 0 bridgehead atoms. The Morgan fingerprint density at radius 2 is 2.26 bits per heavy atom. The van der Waals surface area contributed by atoms with E-state index in [2.05, 4.69) is 15.5 Å². The molecular formula is C12H18N4O3. The van der Waals surface area contributed by atoms with Crippen molar-refractivity contribution < 1.29 is 14.1 Å². The summed E-state index contributed by atoms with van der Waals surface area (Å²) < 4.78 is 10.1. The summed E-state index contributed by atoms with van der Waals surface area (Å²) in [5, 5.41) is 6.78. The normalized spacial score (nSPS) is 19.3. The molecular weight excluding hydrogens is 248 g/mol. The highest BCUT2D eigenvalue weighted by molar-refractivity contribution is 5.75. The standard InChI is InChI=1S/C12H18N4O3/c1-18-5-4-13-12(17)16-6-9(7-16)11-14-10(15-19-11)8-2-3-8/h8-9H,2-7H2,1H3,(H,13,17). The first-order valence-electron chi connectivity index (χ1n) is 6.63. The Morgan fingerprint density at radius 1 is 1.47 bits per heavy atom. The lowest BCUT2D eigenvalue weighted by Gasteiger charge is -2.36. The van der Waals surface area contributed by atoms with Gasteiger partial charge in [0.25, 0.3) is 0 Å². The molecule has 1 aromatic rings. The molecule has 0 spiro atoms. The number of ether oxygens (including phenoxy) is 1. The second-order valence-electron chi connectivity index (χ2n) is 5.09. The van der Waals surface area contributed by atoms with Gasteiger partial charge in [-0.2, -0.15) is 4.98 Å². The summed E-state index contributed by atoms with van der Waals surface area (Å²) in [6, 6.07) is -0.0600. The van der Waals surface area contributed by atoms with Gasteiger partial charge in [0.15, 0.2) is 5.82 Å². The molecule has 0 atom stereocenters. The molecule has 1 saturated carbocycles. The molecule has 2 fully saturated rings. The van der Waals surface area contributed by atoms with Crippen molar-refractivity contribution >= 4 is 6.03 Å². The number of hydrogen-bond acceptors (Lipinski definition) is 5. The number of urea groups is 1. The van der Waals surface area contributed by atoms with E-state index in [1.807, 2.05) is 0 Å². The fraction of sp³-hybridized carbons (Fsp3) is 0.750. The molecule has 2 amide bonds. The highest BCUT2D eigenvalue weighted by atomic mass is 16.5. The smallest absolute Gasteiger partial charge is 0.317 e. The van der Waals surface area contributed by atoms with Gasteiger partial charge in [-0.3, -0.25) is 0 Å². The van der Waals surface area contributed by atoms with Crippen LogP contribution in [0, 0.1) is 0 Å². The summed E-state index contributed by atoms with van der Waals surface area (Å²) in [4.78, 5) is 17.8. The number of rotatable bonds is 5. The minimum atomic E-state index is -0.0600. The second kappa shape index (κ2) is 5.16. The molecule has 2 aliphatic rings. The quantitative estimate of drug-likeness (QED) is 0.794. The van der Waals surface area contributed by atoms with Gasteiger partial charge in [0.05, 0.1) is 12.5 Å². The van der Waals surface area contributed by atoms with Crippen LogP contribution in [0.3, 0.4) is 0 Å². The number of nitrogens with one attached hydrogen (secondary N) is 1. The second-order valence-corrected chi connectivity index (χ2v) is 5.09. The van der Waals surface area contributed by atoms with Crippen molar-refractivity contribution in [2.75, 3.05) is 33.4 Å². The molecule has 19 heavy (non-hydrogen) atoms. The minimum absolute atomic E-state index is 0.0600. The van der Waals surface area contributed by atoms with E-state index in [0.29, 0.717) is 38.0 Å². The topological polar surface area (TPSA) is 80.5 Å². The average molecular weight is 266 g/mol. The molecule has 1 N–H and O–H groups in total. The zero-order valence-electron chi connectivity index (χ0n) is 11.0. The highest BCUT2D eigenvalue weighted by Gasteiger charge is 2.37. The zero-order chi connectivity index (χ0) is 13.2. The van der Waals surface area contributed by atoms with Crippen LogP contribution in [0.5, 0.6) is 0 Å². The van der Waals surface area contributed by atoms with Gasteiger partial charge in [-0.25, -0.2) is 4.79 Å². The van der Waals surface area contributed by atoms with E-state index in [-0.39, 0.29) is 11.9 Å². The summed E-state index contributed by atoms with van der Waals surface area (Å²) in [6.07, 6.45) is 2.33. The van der Waals surface area contributed by atoms with E-state index in [1.165, 1.54) is 0 Å². The van der Waals surface area contributed by atoms with Gasteiger partial charge in [-0.15, -0.1) is 0 Å². The summed E-state index contributed by atoms with van der Waals surface area (Å²) in [5.41, 5.74) is 0. The predicted octanol–water partition coefficient (Wildman–Crippen LogP) is 0.702. The van der Waals surface area contributed by atoms with Crippen molar-refractivity contribution in [2.24, 2.45) is 0 Å². The van der Waals surface area contributed by atoms with Crippen molar-refractivity contribution in [1.29, 1.82) is 0 Å². The van der Waals surface area contributed by atoms with E-state index in [4.69, 9.17) is 9.26 Å². The van der Waals surface area contributed by atoms with Gasteiger partial charge in [0.1, 0.15) is 0 Å². The first kappa shape index (κ1) is 12.4. The summed E-state index contributed by atoms with van der Waals surface area (Å²) in [7, 11) is 1.61. The Hall–Kier alpha value is -1.63. The number of likely N-dealkylation sites (tertiary alicyclic amines) is 1. The Labute approximate surface area is 111 Å². The minimum Gasteiger partial charge on any atom is -0.383 e. The molecule has 2 heterocycles. The number of nitrogens with zero attached hydrogens (tertiary/aromatic N) is 3. The largest absolute Gasteiger partial charge is 0.383 e. The van der Waals surface area contributed by atoms with Crippen molar-refractivity contribution in [2.45, 2.75) is 24.7 Å². The maximum absolute atomic E-state index is 11.7. The highest BCUT2D eigenvalue weighted by Crippen LogP contribution is 2.39. The van der Waals surface area contributed by atoms with Gasteiger partial charge in [-0.1, -0.05) is 5.16 Å². The fourth-order valence-corrected chi connectivity index (χ4v) is 2.09. The number of carbonyl (C=O) groups is 1. The van der Waals surface area contributed by atoms with E-state index in [9.17, 15) is 4.79 Å². The Balaban J connectivity index is 1.44. The molecule has 1 aromatic heterocycles. The van der Waals surface area contributed by atoms with Gasteiger partial charge >= 0.3 is 6.03 Å². The Kier molecular flexibility index (Phi) is 3.37. The third kappa shape index (κ3) is 2.70. The molecule has 7 heteroatoms. The molecule has 104 valence electrons. The number of amides is 2. The third-order valence-corrected chi connectivity index (χ3v) is 3.50. The zero-order valence-corrected chi connectivity index (χ0v) is 11.0. The van der Waals surface area contributed by atoms with Crippen molar-refractivity contribution in [3.05, 3.63) is 11.7 Å². The van der Waals surface area contributed by atoms with Crippen LogP contribution in [0.25, 0.3) is 0 Å². The Bertz CT molecular complexity index is 452. The van der Waals surface area contributed by atoms with Crippen LogP contribution in [0.1, 0.15) is 36.4 Å². The number of methoxy groups -OCH3 is 1. The first-order chi connectivity index (χ1) is 9.28. The molecule has 0 unspecified atom stereocenters. The lowest BCUT2D eigenvalue weighted by atomic mass is 10.0. The average Bonchev–Trinajstić information content (AvgIpc) is 3.08. The monoisotopic (exact) mass is 266 g/mol. The van der Waals surface area contributed by atoms with Crippen molar-refractivity contribution in [3.63, 3.8) is 0 Å². The van der Waals surface area contributed by atoms with Crippen LogP contribution in [0.15, 0.2) is 4.52 Å². The number of carbonyl (C=O) groups excluding carboxylic acids is 1. The number of aromatic nitrogens is 2. The third-order valence-electron chi connectivity index (χ3n) is 3.50. The molecule has 0 aromatic carbocycles. The summed E-state index contributed by atoms with van der Waals surface area (Å²) in [6.45, 7) is 2.34. The molecule has 0 radical (unpaired) electrons. The van der Waals surface area contributed by atoms with Crippen molar-refractivity contribution in [1.82, 2.24) is 20.4 Å². The number of hydrogen-bond donors (Lipinski definition) is 1. The van der Waals surface area contributed by atoms with Crippen molar-refractivity contribution in [3.8, 4) is 0 Å². The van der Waals surface area contributed by atoms with Gasteiger partial charge in [0.2, 0.25) is 5.89 Å². The summed E-state index contributed by atoms with van der Waals surface area (Å²) in [5.74, 6) is 2.19. The maximum atomic E-state index is 11.7. The van der Waals surface area contributed by atoms with Crippen LogP contribution < -0.4 is 5.32 Å². The lowest BCUT2D eigenvalue weighted by Crippen LogP contribution is -2.53. The van der Waals surface area contributed by atoms with Crippen LogP contribution in [0.2, 0.25) is 0 Å². The first-order valence-corrected chi connectivity index (χ1v) is 6.63. The maximum Gasteiger partial charge on any atom is 0.317 e. The van der Waals surface area contributed by atoms with E-state index < -0.39 is 0 Å². The molecule has 7 nitrogen and oxygen atoms in total. The summed E-state index contributed by atoms with van der Waals surface area (Å²) >= 11 is 0. The van der Waals surface area contributed by atoms with E-state index >= 15 is 0 Å². The Morgan fingerprint density at radius 3 is 2.95 bits per heavy atom. The molecule has 1 saturated heterocycles. The van der Waals surface area contributed by atoms with Gasteiger partial charge in [0, 0.05) is 32.7 Å². The van der Waals surface area contributed by atoms with Crippen LogP contribution in [0.4, 0.5) is 4.79 Å². The van der Waals surface area contributed by atoms with E-state index in [0.717, 1.165) is 18.7 Å². The van der Waals surface area contributed by atoms with Gasteiger partial charge in [-0.05, 0) is 12.8 Å². The molecule has 1 aliphatic carbocycles.